The first-order chi connectivity index (χ1) is 11.2. The van der Waals surface area contributed by atoms with Crippen LogP contribution in [0, 0.1) is 5.92 Å². The molecule has 2 N–H and O–H groups in total. The zero-order valence-electron chi connectivity index (χ0n) is 15.0. The number of rotatable bonds is 9. The van der Waals surface area contributed by atoms with Crippen LogP contribution < -0.4 is 14.8 Å². The van der Waals surface area contributed by atoms with Gasteiger partial charge in [0.15, 0.2) is 11.5 Å². The van der Waals surface area contributed by atoms with E-state index >= 15 is 0 Å². The van der Waals surface area contributed by atoms with Gasteiger partial charge in [-0.15, -0.1) is 0 Å². The van der Waals surface area contributed by atoms with Gasteiger partial charge in [0, 0.05) is 17.9 Å². The van der Waals surface area contributed by atoms with Crippen LogP contribution in [-0.2, 0) is 16.0 Å². The molecule has 0 heterocycles. The Hall–Kier alpha value is -2.24. The van der Waals surface area contributed by atoms with Crippen molar-refractivity contribution in [2.75, 3.05) is 14.2 Å². The van der Waals surface area contributed by atoms with Crippen molar-refractivity contribution in [2.45, 2.75) is 45.6 Å². The van der Waals surface area contributed by atoms with Crippen LogP contribution in [0.5, 0.6) is 11.5 Å². The number of hydrogen-bond donors (Lipinski definition) is 2. The number of carbonyl (C=O) groups excluding carboxylic acids is 1. The maximum atomic E-state index is 12.4. The maximum absolute atomic E-state index is 12.4. The predicted molar refractivity (Wildman–Crippen MR) is 91.5 cm³/mol. The minimum atomic E-state index is -0.865. The van der Waals surface area contributed by atoms with E-state index in [1.165, 1.54) is 0 Å². The van der Waals surface area contributed by atoms with E-state index in [9.17, 15) is 9.59 Å². The van der Waals surface area contributed by atoms with Gasteiger partial charge in [-0.25, -0.2) is 0 Å². The van der Waals surface area contributed by atoms with Crippen LogP contribution in [0.1, 0.15) is 39.2 Å². The van der Waals surface area contributed by atoms with Crippen molar-refractivity contribution in [3.05, 3.63) is 23.8 Å². The molecule has 1 unspecified atom stereocenters. The molecule has 0 bridgehead atoms. The van der Waals surface area contributed by atoms with E-state index in [4.69, 9.17) is 14.6 Å². The molecule has 1 rings (SSSR count). The van der Waals surface area contributed by atoms with Gasteiger partial charge in [0.1, 0.15) is 0 Å². The second-order valence-corrected chi connectivity index (χ2v) is 6.56. The zero-order chi connectivity index (χ0) is 18.3. The molecular weight excluding hydrogens is 310 g/mol. The first-order valence-corrected chi connectivity index (χ1v) is 7.93. The molecule has 0 radical (unpaired) electrons. The molecule has 1 amide bonds. The summed E-state index contributed by atoms with van der Waals surface area (Å²) >= 11 is 0. The van der Waals surface area contributed by atoms with E-state index in [1.54, 1.807) is 14.2 Å². The Labute approximate surface area is 143 Å². The van der Waals surface area contributed by atoms with Gasteiger partial charge in [-0.1, -0.05) is 13.0 Å². The summed E-state index contributed by atoms with van der Waals surface area (Å²) in [7, 11) is 3.15. The third-order valence-corrected chi connectivity index (χ3v) is 3.86. The molecule has 0 saturated carbocycles. The largest absolute Gasteiger partial charge is 0.493 e. The summed E-state index contributed by atoms with van der Waals surface area (Å²) in [5.74, 6) is 0.0700. The highest BCUT2D eigenvalue weighted by Gasteiger charge is 2.24. The normalized spacial score (nSPS) is 12.4. The Bertz CT molecular complexity index is 583. The fourth-order valence-electron chi connectivity index (χ4n) is 2.39. The van der Waals surface area contributed by atoms with Crippen molar-refractivity contribution in [1.82, 2.24) is 5.32 Å². The van der Waals surface area contributed by atoms with E-state index in [1.807, 2.05) is 39.0 Å². The number of nitrogens with one attached hydrogen (secondary N) is 1. The summed E-state index contributed by atoms with van der Waals surface area (Å²) in [5.41, 5.74) is 0.417. The molecule has 0 aliphatic carbocycles. The van der Waals surface area contributed by atoms with Crippen molar-refractivity contribution in [3.63, 3.8) is 0 Å². The van der Waals surface area contributed by atoms with Crippen molar-refractivity contribution in [1.29, 1.82) is 0 Å². The van der Waals surface area contributed by atoms with Crippen molar-refractivity contribution >= 4 is 11.9 Å². The topological polar surface area (TPSA) is 84.9 Å². The average Bonchev–Trinajstić information content (AvgIpc) is 2.52. The van der Waals surface area contributed by atoms with Crippen LogP contribution in [0.2, 0.25) is 0 Å². The molecule has 0 aliphatic rings. The summed E-state index contributed by atoms with van der Waals surface area (Å²) in [6.45, 7) is 5.51. The SMILES string of the molecule is COc1ccc(CC(C)C(=O)NC(C)(C)CCC(=O)O)cc1OC. The van der Waals surface area contributed by atoms with E-state index in [2.05, 4.69) is 5.32 Å². The first-order valence-electron chi connectivity index (χ1n) is 7.93. The van der Waals surface area contributed by atoms with E-state index in [0.29, 0.717) is 24.3 Å². The van der Waals surface area contributed by atoms with Crippen molar-refractivity contribution in [3.8, 4) is 11.5 Å². The van der Waals surface area contributed by atoms with Crippen LogP contribution in [0.25, 0.3) is 0 Å². The quantitative estimate of drug-likeness (QED) is 0.723. The number of methoxy groups -OCH3 is 2. The van der Waals surface area contributed by atoms with E-state index in [0.717, 1.165) is 5.56 Å². The van der Waals surface area contributed by atoms with Gasteiger partial charge in [-0.3, -0.25) is 9.59 Å². The molecule has 134 valence electrons. The summed E-state index contributed by atoms with van der Waals surface area (Å²) in [4.78, 5) is 23.1. The molecule has 0 spiro atoms. The Balaban J connectivity index is 2.68. The second-order valence-electron chi connectivity index (χ2n) is 6.56. The molecule has 0 saturated heterocycles. The second kappa shape index (κ2) is 8.57. The summed E-state index contributed by atoms with van der Waals surface area (Å²) in [6.07, 6.45) is 0.968. The molecule has 1 aromatic rings. The van der Waals surface area contributed by atoms with Gasteiger partial charge in [0.05, 0.1) is 14.2 Å². The Morgan fingerprint density at radius 3 is 2.38 bits per heavy atom. The van der Waals surface area contributed by atoms with Crippen LogP contribution in [-0.4, -0.2) is 36.7 Å². The number of ether oxygens (including phenoxy) is 2. The van der Waals surface area contributed by atoms with E-state index < -0.39 is 11.5 Å². The fraction of sp³-hybridized carbons (Fsp3) is 0.556. The molecule has 0 aromatic heterocycles. The Morgan fingerprint density at radius 1 is 1.21 bits per heavy atom. The van der Waals surface area contributed by atoms with Crippen LogP contribution in [0.15, 0.2) is 18.2 Å². The first kappa shape index (κ1) is 19.8. The smallest absolute Gasteiger partial charge is 0.303 e. The lowest BCUT2D eigenvalue weighted by atomic mass is 9.95. The monoisotopic (exact) mass is 337 g/mol. The lowest BCUT2D eigenvalue weighted by molar-refractivity contribution is -0.138. The highest BCUT2D eigenvalue weighted by atomic mass is 16.5. The van der Waals surface area contributed by atoms with Gasteiger partial charge in [-0.2, -0.15) is 0 Å². The standard InChI is InChI=1S/C18H27NO5/c1-12(17(22)19-18(2,3)9-8-16(20)21)10-13-6-7-14(23-4)15(11-13)24-5/h6-7,11-12H,8-10H2,1-5H3,(H,19,22)(H,20,21). The molecule has 24 heavy (non-hydrogen) atoms. The van der Waals surface area contributed by atoms with Crippen molar-refractivity contribution in [2.24, 2.45) is 5.92 Å². The molecule has 0 fully saturated rings. The fourth-order valence-corrected chi connectivity index (χ4v) is 2.39. The number of carbonyl (C=O) groups is 2. The van der Waals surface area contributed by atoms with Gasteiger partial charge >= 0.3 is 5.97 Å². The molecule has 6 nitrogen and oxygen atoms in total. The lowest BCUT2D eigenvalue weighted by Gasteiger charge is -2.27. The zero-order valence-corrected chi connectivity index (χ0v) is 15.0. The Kier molecular flexibility index (Phi) is 7.07. The highest BCUT2D eigenvalue weighted by Crippen LogP contribution is 2.28. The number of carboxylic acid groups (broad SMARTS) is 1. The molecule has 0 aliphatic heterocycles. The number of aliphatic carboxylic acids is 1. The summed E-state index contributed by atoms with van der Waals surface area (Å²) in [6, 6.07) is 5.58. The van der Waals surface area contributed by atoms with Crippen LogP contribution >= 0.6 is 0 Å². The number of amides is 1. The van der Waals surface area contributed by atoms with Crippen LogP contribution in [0.4, 0.5) is 0 Å². The molecular formula is C18H27NO5. The highest BCUT2D eigenvalue weighted by molar-refractivity contribution is 5.79. The van der Waals surface area contributed by atoms with Gasteiger partial charge < -0.3 is 19.9 Å². The third-order valence-electron chi connectivity index (χ3n) is 3.86. The minimum Gasteiger partial charge on any atom is -0.493 e. The van der Waals surface area contributed by atoms with Gasteiger partial charge in [0.2, 0.25) is 5.91 Å². The maximum Gasteiger partial charge on any atom is 0.303 e. The number of carboxylic acids is 1. The number of hydrogen-bond acceptors (Lipinski definition) is 4. The van der Waals surface area contributed by atoms with Crippen LogP contribution in [0.3, 0.4) is 0 Å². The molecule has 1 atom stereocenters. The molecule has 1 aromatic carbocycles. The van der Waals surface area contributed by atoms with Gasteiger partial charge in [0.25, 0.3) is 0 Å². The Morgan fingerprint density at radius 2 is 1.83 bits per heavy atom. The summed E-state index contributed by atoms with van der Waals surface area (Å²) < 4.78 is 10.5. The number of benzene rings is 1. The van der Waals surface area contributed by atoms with Gasteiger partial charge in [-0.05, 0) is 44.4 Å². The van der Waals surface area contributed by atoms with E-state index in [-0.39, 0.29) is 18.2 Å². The summed E-state index contributed by atoms with van der Waals surface area (Å²) in [5, 5.41) is 11.7. The average molecular weight is 337 g/mol. The third kappa shape index (κ3) is 6.10. The predicted octanol–water partition coefficient (Wildman–Crippen LogP) is 2.64. The minimum absolute atomic E-state index is 0.0251. The molecule has 6 heteroatoms. The van der Waals surface area contributed by atoms with Crippen molar-refractivity contribution < 1.29 is 24.2 Å². The lowest BCUT2D eigenvalue weighted by Crippen LogP contribution is -2.46.